The smallest absolute Gasteiger partial charge is 0.222 e. The summed E-state index contributed by atoms with van der Waals surface area (Å²) in [5, 5.41) is 0. The van der Waals surface area contributed by atoms with E-state index in [0.717, 1.165) is 32.4 Å². The number of amides is 1. The van der Waals surface area contributed by atoms with Crippen LogP contribution in [0, 0.1) is 12.8 Å². The van der Waals surface area contributed by atoms with Crippen molar-refractivity contribution in [3.05, 3.63) is 21.9 Å². The summed E-state index contributed by atoms with van der Waals surface area (Å²) in [5.74, 6) is 0.827. The van der Waals surface area contributed by atoms with Crippen molar-refractivity contribution in [3.8, 4) is 0 Å². The maximum absolute atomic E-state index is 12.0. The minimum absolute atomic E-state index is 0.305. The van der Waals surface area contributed by atoms with Gasteiger partial charge in [-0.1, -0.05) is 0 Å². The van der Waals surface area contributed by atoms with Gasteiger partial charge in [-0.05, 0) is 50.8 Å². The number of hydrogen-bond donors (Lipinski definition) is 1. The third-order valence-corrected chi connectivity index (χ3v) is 4.64. The lowest BCUT2D eigenvalue weighted by molar-refractivity contribution is -0.130. The van der Waals surface area contributed by atoms with Crippen LogP contribution in [0.4, 0.5) is 0 Å². The average molecular weight is 266 g/mol. The van der Waals surface area contributed by atoms with Gasteiger partial charge < -0.3 is 10.6 Å². The van der Waals surface area contributed by atoms with Gasteiger partial charge in [-0.2, -0.15) is 0 Å². The Morgan fingerprint density at radius 1 is 1.56 bits per heavy atom. The van der Waals surface area contributed by atoms with E-state index in [1.54, 1.807) is 0 Å². The molecule has 0 spiro atoms. The molecule has 3 nitrogen and oxygen atoms in total. The second-order valence-corrected chi connectivity index (χ2v) is 6.47. The second-order valence-electron chi connectivity index (χ2n) is 5.10. The first-order valence-electron chi connectivity index (χ1n) is 6.72. The van der Waals surface area contributed by atoms with Crippen LogP contribution in [0.15, 0.2) is 12.1 Å². The van der Waals surface area contributed by atoms with Crippen molar-refractivity contribution in [2.45, 2.75) is 32.6 Å². The third-order valence-electron chi connectivity index (χ3n) is 3.58. The molecule has 1 aromatic rings. The van der Waals surface area contributed by atoms with Gasteiger partial charge in [-0.15, -0.1) is 11.3 Å². The van der Waals surface area contributed by atoms with E-state index >= 15 is 0 Å². The van der Waals surface area contributed by atoms with Crippen molar-refractivity contribution < 1.29 is 4.79 Å². The SMILES string of the molecule is Cc1ccc(CCCC(=O)N2CCC(CN)C2)s1. The fraction of sp³-hybridized carbons (Fsp3) is 0.643. The topological polar surface area (TPSA) is 46.3 Å². The summed E-state index contributed by atoms with van der Waals surface area (Å²) < 4.78 is 0. The normalized spacial score (nSPS) is 19.4. The Kier molecular flexibility index (Phi) is 4.78. The van der Waals surface area contributed by atoms with Crippen LogP contribution in [-0.4, -0.2) is 30.4 Å². The summed E-state index contributed by atoms with van der Waals surface area (Å²) in [4.78, 5) is 16.7. The van der Waals surface area contributed by atoms with Crippen LogP contribution in [0.2, 0.25) is 0 Å². The van der Waals surface area contributed by atoms with Crippen molar-refractivity contribution in [2.75, 3.05) is 19.6 Å². The van der Waals surface area contributed by atoms with E-state index < -0.39 is 0 Å². The summed E-state index contributed by atoms with van der Waals surface area (Å²) in [6.45, 7) is 4.60. The minimum atomic E-state index is 0.305. The monoisotopic (exact) mass is 266 g/mol. The van der Waals surface area contributed by atoms with Crippen molar-refractivity contribution in [1.82, 2.24) is 4.90 Å². The lowest BCUT2D eigenvalue weighted by Crippen LogP contribution is -2.29. The first-order valence-corrected chi connectivity index (χ1v) is 7.54. The Morgan fingerprint density at radius 2 is 2.39 bits per heavy atom. The first kappa shape index (κ1) is 13.6. The Labute approximate surface area is 113 Å². The number of thiophene rings is 1. The molecule has 1 aromatic heterocycles. The molecule has 4 heteroatoms. The summed E-state index contributed by atoms with van der Waals surface area (Å²) in [7, 11) is 0. The quantitative estimate of drug-likeness (QED) is 0.888. The third kappa shape index (κ3) is 3.56. The molecule has 1 fully saturated rings. The van der Waals surface area contributed by atoms with Gasteiger partial charge >= 0.3 is 0 Å². The van der Waals surface area contributed by atoms with E-state index in [1.807, 2.05) is 16.2 Å². The zero-order valence-electron chi connectivity index (χ0n) is 11.0. The largest absolute Gasteiger partial charge is 0.342 e. The Hall–Kier alpha value is -0.870. The molecule has 2 rings (SSSR count). The zero-order valence-corrected chi connectivity index (χ0v) is 11.8. The molecule has 0 saturated carbocycles. The molecule has 1 atom stereocenters. The highest BCUT2D eigenvalue weighted by Gasteiger charge is 2.24. The van der Waals surface area contributed by atoms with Crippen LogP contribution in [0.5, 0.6) is 0 Å². The molecule has 100 valence electrons. The highest BCUT2D eigenvalue weighted by Crippen LogP contribution is 2.19. The van der Waals surface area contributed by atoms with Gasteiger partial charge in [0.25, 0.3) is 0 Å². The Bertz CT molecular complexity index is 402. The molecule has 0 radical (unpaired) electrons. The molecule has 1 aliphatic rings. The lowest BCUT2D eigenvalue weighted by atomic mass is 10.1. The van der Waals surface area contributed by atoms with Gasteiger partial charge in [0.05, 0.1) is 0 Å². The average Bonchev–Trinajstić information content (AvgIpc) is 2.98. The van der Waals surface area contributed by atoms with Crippen LogP contribution >= 0.6 is 11.3 Å². The number of carbonyl (C=O) groups excluding carboxylic acids is 1. The predicted octanol–water partition coefficient (Wildman–Crippen LogP) is 2.19. The Morgan fingerprint density at radius 3 is 3.00 bits per heavy atom. The van der Waals surface area contributed by atoms with E-state index in [9.17, 15) is 4.79 Å². The van der Waals surface area contributed by atoms with Crippen LogP contribution in [0.3, 0.4) is 0 Å². The van der Waals surface area contributed by atoms with E-state index in [-0.39, 0.29) is 0 Å². The molecule has 2 heterocycles. The molecule has 0 bridgehead atoms. The van der Waals surface area contributed by atoms with Crippen molar-refractivity contribution >= 4 is 17.2 Å². The molecule has 1 amide bonds. The summed E-state index contributed by atoms with van der Waals surface area (Å²) in [6.07, 6.45) is 3.74. The van der Waals surface area contributed by atoms with E-state index in [1.165, 1.54) is 9.75 Å². The summed E-state index contributed by atoms with van der Waals surface area (Å²) in [6, 6.07) is 4.32. The summed E-state index contributed by atoms with van der Waals surface area (Å²) in [5.41, 5.74) is 5.64. The molecule has 1 saturated heterocycles. The highest BCUT2D eigenvalue weighted by molar-refractivity contribution is 7.11. The highest BCUT2D eigenvalue weighted by atomic mass is 32.1. The van der Waals surface area contributed by atoms with Crippen molar-refractivity contribution in [3.63, 3.8) is 0 Å². The van der Waals surface area contributed by atoms with E-state index in [2.05, 4.69) is 19.1 Å². The number of hydrogen-bond acceptors (Lipinski definition) is 3. The molecule has 0 aromatic carbocycles. The van der Waals surface area contributed by atoms with Gasteiger partial charge in [-0.25, -0.2) is 0 Å². The van der Waals surface area contributed by atoms with Crippen LogP contribution in [0.1, 0.15) is 29.0 Å². The molecule has 2 N–H and O–H groups in total. The maximum Gasteiger partial charge on any atom is 0.222 e. The first-order chi connectivity index (χ1) is 8.69. The van der Waals surface area contributed by atoms with Crippen molar-refractivity contribution in [1.29, 1.82) is 0 Å². The molecule has 18 heavy (non-hydrogen) atoms. The maximum atomic E-state index is 12.0. The zero-order chi connectivity index (χ0) is 13.0. The lowest BCUT2D eigenvalue weighted by Gasteiger charge is -2.15. The van der Waals surface area contributed by atoms with Gasteiger partial charge in [-0.3, -0.25) is 4.79 Å². The molecular weight excluding hydrogens is 244 g/mol. The number of aryl methyl sites for hydroxylation is 2. The predicted molar refractivity (Wildman–Crippen MR) is 75.7 cm³/mol. The van der Waals surface area contributed by atoms with E-state index in [4.69, 9.17) is 5.73 Å². The fourth-order valence-corrected chi connectivity index (χ4v) is 3.38. The van der Waals surface area contributed by atoms with Gasteiger partial charge in [0.15, 0.2) is 0 Å². The molecule has 1 unspecified atom stereocenters. The van der Waals surface area contributed by atoms with Gasteiger partial charge in [0, 0.05) is 29.3 Å². The standard InChI is InChI=1S/C14H22N2OS/c1-11-5-6-13(18-11)3-2-4-14(17)16-8-7-12(9-15)10-16/h5-6,12H,2-4,7-10,15H2,1H3. The number of rotatable bonds is 5. The molecule has 0 aliphatic carbocycles. The van der Waals surface area contributed by atoms with E-state index in [0.29, 0.717) is 24.8 Å². The van der Waals surface area contributed by atoms with Crippen LogP contribution < -0.4 is 5.73 Å². The van der Waals surface area contributed by atoms with Crippen LogP contribution in [0.25, 0.3) is 0 Å². The second kappa shape index (κ2) is 6.34. The number of nitrogens with zero attached hydrogens (tertiary/aromatic N) is 1. The summed E-state index contributed by atoms with van der Waals surface area (Å²) >= 11 is 1.83. The van der Waals surface area contributed by atoms with Crippen molar-refractivity contribution in [2.24, 2.45) is 11.7 Å². The molecule has 1 aliphatic heterocycles. The number of likely N-dealkylation sites (tertiary alicyclic amines) is 1. The van der Waals surface area contributed by atoms with Crippen LogP contribution in [-0.2, 0) is 11.2 Å². The minimum Gasteiger partial charge on any atom is -0.342 e. The number of nitrogens with two attached hydrogens (primary N) is 1. The Balaban J connectivity index is 1.69. The molecular formula is C14H22N2OS. The van der Waals surface area contributed by atoms with Gasteiger partial charge in [0.2, 0.25) is 5.91 Å². The number of carbonyl (C=O) groups is 1. The van der Waals surface area contributed by atoms with Gasteiger partial charge in [0.1, 0.15) is 0 Å². The fourth-order valence-electron chi connectivity index (χ4n) is 2.44.